The molecule has 2 aromatic heterocycles. The summed E-state index contributed by atoms with van der Waals surface area (Å²) in [4.78, 5) is 25.4. The molecular formula is C26H24N4O2S. The first kappa shape index (κ1) is 21.3. The van der Waals surface area contributed by atoms with Gasteiger partial charge < -0.3 is 15.0 Å². The summed E-state index contributed by atoms with van der Waals surface area (Å²) in [6.07, 6.45) is 1.82. The van der Waals surface area contributed by atoms with Crippen LogP contribution >= 0.6 is 11.3 Å². The highest BCUT2D eigenvalue weighted by Gasteiger charge is 2.20. The molecule has 6 nitrogen and oxygen atoms in total. The number of aromatic nitrogens is 2. The van der Waals surface area contributed by atoms with Gasteiger partial charge in [-0.25, -0.2) is 9.97 Å². The van der Waals surface area contributed by atoms with E-state index in [0.717, 1.165) is 53.8 Å². The van der Waals surface area contributed by atoms with Crippen molar-refractivity contribution in [3.05, 3.63) is 89.4 Å². The van der Waals surface area contributed by atoms with Gasteiger partial charge in [0, 0.05) is 37.0 Å². The summed E-state index contributed by atoms with van der Waals surface area (Å²) in [6, 6.07) is 23.8. The van der Waals surface area contributed by atoms with Gasteiger partial charge in [-0.15, -0.1) is 11.3 Å². The number of anilines is 1. The summed E-state index contributed by atoms with van der Waals surface area (Å²) in [5.74, 6) is 0.806. The fraction of sp³-hybridized carbons (Fsp3) is 0.192. The number of amides is 1. The number of hydrogen-bond donors (Lipinski definition) is 1. The van der Waals surface area contributed by atoms with Crippen LogP contribution < -0.4 is 10.2 Å². The highest BCUT2D eigenvalue weighted by atomic mass is 32.1. The molecule has 0 spiro atoms. The Balaban J connectivity index is 1.34. The maximum Gasteiger partial charge on any atom is 0.263 e. The summed E-state index contributed by atoms with van der Waals surface area (Å²) in [5, 5.41) is 3.88. The van der Waals surface area contributed by atoms with Crippen LogP contribution in [0.4, 0.5) is 5.82 Å². The quantitative estimate of drug-likeness (QED) is 0.458. The minimum atomic E-state index is -0.134. The molecule has 1 aliphatic rings. The van der Waals surface area contributed by atoms with Crippen LogP contribution in [0.25, 0.3) is 21.8 Å². The van der Waals surface area contributed by atoms with Crippen molar-refractivity contribution in [1.82, 2.24) is 15.3 Å². The second kappa shape index (κ2) is 9.94. The number of thiazole rings is 1. The van der Waals surface area contributed by atoms with Crippen LogP contribution in [0, 0.1) is 0 Å². The fourth-order valence-electron chi connectivity index (χ4n) is 3.73. The summed E-state index contributed by atoms with van der Waals surface area (Å²) in [6.45, 7) is 3.55. The van der Waals surface area contributed by atoms with Gasteiger partial charge in [0.1, 0.15) is 15.7 Å². The molecule has 1 amide bonds. The second-order valence-electron chi connectivity index (χ2n) is 7.74. The van der Waals surface area contributed by atoms with Crippen molar-refractivity contribution in [1.29, 1.82) is 0 Å². The largest absolute Gasteiger partial charge is 0.378 e. The van der Waals surface area contributed by atoms with Crippen molar-refractivity contribution in [3.63, 3.8) is 0 Å². The third-order valence-corrected chi connectivity index (χ3v) is 6.60. The normalized spacial score (nSPS) is 13.6. The van der Waals surface area contributed by atoms with Crippen LogP contribution in [-0.2, 0) is 11.3 Å². The molecule has 1 aliphatic heterocycles. The second-order valence-corrected chi connectivity index (χ2v) is 8.73. The summed E-state index contributed by atoms with van der Waals surface area (Å²) in [5.41, 5.74) is 3.59. The zero-order chi connectivity index (χ0) is 22.5. The van der Waals surface area contributed by atoms with E-state index in [1.807, 2.05) is 79.0 Å². The van der Waals surface area contributed by atoms with Crippen LogP contribution in [0.5, 0.6) is 0 Å². The number of hydrogen-bond acceptors (Lipinski definition) is 6. The van der Waals surface area contributed by atoms with Crippen molar-refractivity contribution in [2.24, 2.45) is 0 Å². The molecular weight excluding hydrogens is 432 g/mol. The zero-order valence-corrected chi connectivity index (χ0v) is 18.9. The SMILES string of the molecule is O=C(NCc1ccc(N2CCOCC2)nc1)c1sc(-c2ccccc2)nc1-c1ccccc1. The molecule has 2 aromatic carbocycles. The number of nitrogens with one attached hydrogen (secondary N) is 1. The van der Waals surface area contributed by atoms with E-state index in [1.165, 1.54) is 11.3 Å². The third-order valence-electron chi connectivity index (χ3n) is 5.50. The molecule has 0 unspecified atom stereocenters. The lowest BCUT2D eigenvalue weighted by atomic mass is 10.1. The summed E-state index contributed by atoms with van der Waals surface area (Å²) < 4.78 is 5.40. The highest BCUT2D eigenvalue weighted by Crippen LogP contribution is 2.33. The number of morpholine rings is 1. The van der Waals surface area contributed by atoms with E-state index in [2.05, 4.69) is 15.2 Å². The Bertz CT molecular complexity index is 1200. The fourth-order valence-corrected chi connectivity index (χ4v) is 4.74. The molecule has 33 heavy (non-hydrogen) atoms. The Kier molecular flexibility index (Phi) is 6.41. The van der Waals surface area contributed by atoms with E-state index >= 15 is 0 Å². The average molecular weight is 457 g/mol. The van der Waals surface area contributed by atoms with E-state index in [0.29, 0.717) is 17.1 Å². The molecule has 3 heterocycles. The van der Waals surface area contributed by atoms with E-state index in [1.54, 1.807) is 0 Å². The Morgan fingerprint density at radius 1 is 0.939 bits per heavy atom. The van der Waals surface area contributed by atoms with E-state index < -0.39 is 0 Å². The van der Waals surface area contributed by atoms with Crippen LogP contribution in [-0.4, -0.2) is 42.2 Å². The van der Waals surface area contributed by atoms with Crippen molar-refractivity contribution in [2.45, 2.75) is 6.54 Å². The number of benzene rings is 2. The van der Waals surface area contributed by atoms with Crippen molar-refractivity contribution < 1.29 is 9.53 Å². The molecule has 166 valence electrons. The molecule has 5 rings (SSSR count). The monoisotopic (exact) mass is 456 g/mol. The predicted octanol–water partition coefficient (Wildman–Crippen LogP) is 4.64. The molecule has 7 heteroatoms. The number of rotatable bonds is 6. The van der Waals surface area contributed by atoms with Crippen molar-refractivity contribution in [2.75, 3.05) is 31.2 Å². The van der Waals surface area contributed by atoms with E-state index in [-0.39, 0.29) is 5.91 Å². The van der Waals surface area contributed by atoms with Crippen LogP contribution in [0.15, 0.2) is 79.0 Å². The van der Waals surface area contributed by atoms with Gasteiger partial charge in [0.25, 0.3) is 5.91 Å². The lowest BCUT2D eigenvalue weighted by molar-refractivity contribution is 0.0955. The minimum Gasteiger partial charge on any atom is -0.378 e. The molecule has 1 N–H and O–H groups in total. The van der Waals surface area contributed by atoms with Crippen LogP contribution in [0.2, 0.25) is 0 Å². The third kappa shape index (κ3) is 4.94. The maximum absolute atomic E-state index is 13.2. The number of nitrogens with zero attached hydrogens (tertiary/aromatic N) is 3. The molecule has 4 aromatic rings. The first-order valence-corrected chi connectivity index (χ1v) is 11.8. The lowest BCUT2D eigenvalue weighted by Gasteiger charge is -2.27. The minimum absolute atomic E-state index is 0.134. The summed E-state index contributed by atoms with van der Waals surface area (Å²) in [7, 11) is 0. The lowest BCUT2D eigenvalue weighted by Crippen LogP contribution is -2.36. The van der Waals surface area contributed by atoms with Gasteiger partial charge in [-0.2, -0.15) is 0 Å². The Labute approximate surface area is 196 Å². The standard InChI is InChI=1S/C26H24N4O2S/c31-25(28-18-19-11-12-22(27-17-19)30-13-15-32-16-14-30)24-23(20-7-3-1-4-8-20)29-26(33-24)21-9-5-2-6-10-21/h1-12,17H,13-16,18H2,(H,28,31). The van der Waals surface area contributed by atoms with Crippen LogP contribution in [0.1, 0.15) is 15.2 Å². The maximum atomic E-state index is 13.2. The van der Waals surface area contributed by atoms with Crippen molar-refractivity contribution in [3.8, 4) is 21.8 Å². The predicted molar refractivity (Wildman–Crippen MR) is 131 cm³/mol. The number of carbonyl (C=O) groups is 1. The van der Waals surface area contributed by atoms with E-state index in [4.69, 9.17) is 9.72 Å². The first-order chi connectivity index (χ1) is 16.3. The van der Waals surface area contributed by atoms with Gasteiger partial charge in [-0.05, 0) is 11.6 Å². The van der Waals surface area contributed by atoms with Gasteiger partial charge in [0.2, 0.25) is 0 Å². The van der Waals surface area contributed by atoms with Crippen molar-refractivity contribution >= 4 is 23.1 Å². The van der Waals surface area contributed by atoms with E-state index in [9.17, 15) is 4.79 Å². The molecule has 0 bridgehead atoms. The molecule has 1 saturated heterocycles. The van der Waals surface area contributed by atoms with Gasteiger partial charge in [0.05, 0.1) is 18.9 Å². The smallest absolute Gasteiger partial charge is 0.263 e. The molecule has 1 fully saturated rings. The Hall–Kier alpha value is -3.55. The molecule has 0 radical (unpaired) electrons. The molecule has 0 aliphatic carbocycles. The number of pyridine rings is 1. The number of carbonyl (C=O) groups excluding carboxylic acids is 1. The summed E-state index contributed by atoms with van der Waals surface area (Å²) >= 11 is 1.41. The molecule has 0 atom stereocenters. The molecule has 0 saturated carbocycles. The topological polar surface area (TPSA) is 67.4 Å². The number of ether oxygens (including phenoxy) is 1. The highest BCUT2D eigenvalue weighted by molar-refractivity contribution is 7.17. The first-order valence-electron chi connectivity index (χ1n) is 11.0. The zero-order valence-electron chi connectivity index (χ0n) is 18.1. The van der Waals surface area contributed by atoms with Gasteiger partial charge >= 0.3 is 0 Å². The van der Waals surface area contributed by atoms with Gasteiger partial charge in [-0.1, -0.05) is 66.7 Å². The Morgan fingerprint density at radius 2 is 1.64 bits per heavy atom. The van der Waals surface area contributed by atoms with Gasteiger partial charge in [-0.3, -0.25) is 4.79 Å². The Morgan fingerprint density at radius 3 is 2.30 bits per heavy atom. The average Bonchev–Trinajstić information content (AvgIpc) is 3.35. The van der Waals surface area contributed by atoms with Gasteiger partial charge in [0.15, 0.2) is 0 Å². The van der Waals surface area contributed by atoms with Crippen LogP contribution in [0.3, 0.4) is 0 Å².